The minimum atomic E-state index is -0.850. The normalized spacial score (nSPS) is 19.0. The van der Waals surface area contributed by atoms with Gasteiger partial charge in [0, 0.05) is 36.8 Å². The van der Waals surface area contributed by atoms with Crippen molar-refractivity contribution in [3.05, 3.63) is 52.8 Å². The maximum Gasteiger partial charge on any atom is 0.308 e. The molecule has 1 N–H and O–H groups in total. The molecule has 3 rings (SSSR count). The summed E-state index contributed by atoms with van der Waals surface area (Å²) in [6, 6.07) is 9.59. The maximum absolute atomic E-state index is 12.8. The molecule has 0 saturated carbocycles. The number of aromatic nitrogens is 2. The fourth-order valence-corrected chi connectivity index (χ4v) is 4.30. The highest BCUT2D eigenvalue weighted by atomic mass is 32.2. The Morgan fingerprint density at radius 2 is 1.79 bits per heavy atom. The van der Waals surface area contributed by atoms with Crippen molar-refractivity contribution < 1.29 is 14.7 Å². The van der Waals surface area contributed by atoms with E-state index in [9.17, 15) is 14.7 Å². The van der Waals surface area contributed by atoms with Crippen LogP contribution in [0.3, 0.4) is 0 Å². The molecule has 6 nitrogen and oxygen atoms in total. The van der Waals surface area contributed by atoms with Gasteiger partial charge in [0.25, 0.3) is 0 Å². The molecule has 28 heavy (non-hydrogen) atoms. The summed E-state index contributed by atoms with van der Waals surface area (Å²) < 4.78 is 0. The van der Waals surface area contributed by atoms with Crippen molar-refractivity contribution in [1.29, 1.82) is 0 Å². The highest BCUT2D eigenvalue weighted by Crippen LogP contribution is 2.33. The molecule has 2 heterocycles. The first kappa shape index (κ1) is 20.3. The van der Waals surface area contributed by atoms with Crippen LogP contribution in [-0.4, -0.2) is 51.2 Å². The monoisotopic (exact) mass is 399 g/mol. The van der Waals surface area contributed by atoms with Crippen molar-refractivity contribution in [3.8, 4) is 0 Å². The topological polar surface area (TPSA) is 83.4 Å². The van der Waals surface area contributed by atoms with E-state index in [0.717, 1.165) is 27.7 Å². The number of nitrogens with zero attached hydrogens (tertiary/aromatic N) is 3. The van der Waals surface area contributed by atoms with Crippen LogP contribution in [0.15, 0.2) is 35.5 Å². The van der Waals surface area contributed by atoms with E-state index in [0.29, 0.717) is 19.4 Å². The number of carboxylic acids is 1. The van der Waals surface area contributed by atoms with E-state index >= 15 is 0 Å². The average molecular weight is 400 g/mol. The first-order chi connectivity index (χ1) is 13.4. The van der Waals surface area contributed by atoms with Crippen LogP contribution in [0.25, 0.3) is 0 Å². The van der Waals surface area contributed by atoms with Gasteiger partial charge in [-0.05, 0) is 37.7 Å². The summed E-state index contributed by atoms with van der Waals surface area (Å²) in [4.78, 5) is 35.1. The molecule has 2 aromatic rings. The Labute approximate surface area is 169 Å². The van der Waals surface area contributed by atoms with Gasteiger partial charge in [-0.25, -0.2) is 9.97 Å². The van der Waals surface area contributed by atoms with Crippen LogP contribution in [0.2, 0.25) is 0 Å². The van der Waals surface area contributed by atoms with Crippen LogP contribution in [0.1, 0.15) is 34.9 Å². The van der Waals surface area contributed by atoms with Crippen molar-refractivity contribution in [2.75, 3.05) is 19.3 Å². The van der Waals surface area contributed by atoms with Crippen LogP contribution >= 0.6 is 11.8 Å². The summed E-state index contributed by atoms with van der Waals surface area (Å²) in [7, 11) is 0. The zero-order valence-electron chi connectivity index (χ0n) is 16.4. The van der Waals surface area contributed by atoms with Gasteiger partial charge in [0.1, 0.15) is 0 Å². The Balaban J connectivity index is 1.69. The highest BCUT2D eigenvalue weighted by Gasteiger charge is 2.40. The first-order valence-electron chi connectivity index (χ1n) is 9.34. The number of carbonyl (C=O) groups is 2. The Kier molecular flexibility index (Phi) is 6.34. The van der Waals surface area contributed by atoms with Crippen LogP contribution < -0.4 is 0 Å². The van der Waals surface area contributed by atoms with Crippen molar-refractivity contribution in [2.45, 2.75) is 37.8 Å². The van der Waals surface area contributed by atoms with Gasteiger partial charge in [0.15, 0.2) is 5.16 Å². The predicted octanol–water partition coefficient (Wildman–Crippen LogP) is 3.07. The minimum Gasteiger partial charge on any atom is -0.481 e. The summed E-state index contributed by atoms with van der Waals surface area (Å²) in [5, 5.41) is 10.4. The molecular weight excluding hydrogens is 374 g/mol. The maximum atomic E-state index is 12.8. The molecule has 1 aliphatic heterocycles. The van der Waals surface area contributed by atoms with E-state index in [1.165, 1.54) is 11.8 Å². The fraction of sp³-hybridized carbons (Fsp3) is 0.429. The summed E-state index contributed by atoms with van der Waals surface area (Å²) in [5.41, 5.74) is 3.77. The van der Waals surface area contributed by atoms with Crippen molar-refractivity contribution in [2.24, 2.45) is 5.92 Å². The quantitative estimate of drug-likeness (QED) is 0.594. The lowest BCUT2D eigenvalue weighted by atomic mass is 9.89. The van der Waals surface area contributed by atoms with Gasteiger partial charge in [-0.3, -0.25) is 9.59 Å². The fourth-order valence-electron chi connectivity index (χ4n) is 3.85. The molecule has 0 radical (unpaired) electrons. The molecule has 1 aliphatic rings. The van der Waals surface area contributed by atoms with Gasteiger partial charge in [0.2, 0.25) is 5.91 Å². The van der Waals surface area contributed by atoms with E-state index in [-0.39, 0.29) is 18.4 Å². The molecule has 1 aromatic carbocycles. The molecule has 0 spiro atoms. The third kappa shape index (κ3) is 4.35. The molecule has 148 valence electrons. The van der Waals surface area contributed by atoms with Crippen LogP contribution in [0.4, 0.5) is 0 Å². The highest BCUT2D eigenvalue weighted by molar-refractivity contribution is 7.98. The number of carboxylic acid groups (broad SMARTS) is 1. The third-order valence-electron chi connectivity index (χ3n) is 5.39. The first-order valence-corrected chi connectivity index (χ1v) is 10.6. The molecule has 0 unspecified atom stereocenters. The van der Waals surface area contributed by atoms with E-state index in [4.69, 9.17) is 0 Å². The van der Waals surface area contributed by atoms with Gasteiger partial charge < -0.3 is 10.0 Å². The molecule has 1 fully saturated rings. The molecular formula is C21H25N3O3S. The summed E-state index contributed by atoms with van der Waals surface area (Å²) in [6.45, 7) is 4.58. The lowest BCUT2D eigenvalue weighted by Crippen LogP contribution is -2.30. The van der Waals surface area contributed by atoms with Crippen molar-refractivity contribution >= 4 is 23.6 Å². The predicted molar refractivity (Wildman–Crippen MR) is 108 cm³/mol. The van der Waals surface area contributed by atoms with Crippen LogP contribution in [-0.2, 0) is 16.0 Å². The second-order valence-electron chi connectivity index (χ2n) is 7.12. The third-order valence-corrected chi connectivity index (χ3v) is 5.94. The standard InChI is InChI=1S/C21H25N3O3S/c1-13-16(14(2)23-21(22-13)28-3)9-10-19(25)24-11-17(18(12-24)20(26)27)15-7-5-4-6-8-15/h4-8,17-18H,9-12H2,1-3H3,(H,26,27)/t17-,18-/m0/s1. The number of hydrogen-bond acceptors (Lipinski definition) is 5. The summed E-state index contributed by atoms with van der Waals surface area (Å²) >= 11 is 1.50. The van der Waals surface area contributed by atoms with Crippen molar-refractivity contribution in [3.63, 3.8) is 0 Å². The smallest absolute Gasteiger partial charge is 0.308 e. The van der Waals surface area contributed by atoms with E-state index in [1.807, 2.05) is 50.4 Å². The van der Waals surface area contributed by atoms with Gasteiger partial charge in [-0.15, -0.1) is 0 Å². The van der Waals surface area contributed by atoms with E-state index in [1.54, 1.807) is 4.90 Å². The Morgan fingerprint density at radius 1 is 1.14 bits per heavy atom. The lowest BCUT2D eigenvalue weighted by Gasteiger charge is -2.17. The number of likely N-dealkylation sites (tertiary alicyclic amines) is 1. The number of amides is 1. The number of rotatable bonds is 6. The number of carbonyl (C=O) groups excluding carboxylic acids is 1. The Morgan fingerprint density at radius 3 is 2.36 bits per heavy atom. The zero-order chi connectivity index (χ0) is 20.3. The molecule has 1 saturated heterocycles. The molecule has 1 aromatic heterocycles. The SMILES string of the molecule is CSc1nc(C)c(CCC(=O)N2C[C@H](C(=O)O)[C@H](c3ccccc3)C2)c(C)n1. The van der Waals surface area contributed by atoms with Gasteiger partial charge in [0.05, 0.1) is 5.92 Å². The second kappa shape index (κ2) is 8.73. The van der Waals surface area contributed by atoms with Crippen LogP contribution in [0, 0.1) is 19.8 Å². The summed E-state index contributed by atoms with van der Waals surface area (Å²) in [5.74, 6) is -1.61. The number of aryl methyl sites for hydroxylation is 2. The largest absolute Gasteiger partial charge is 0.481 e. The summed E-state index contributed by atoms with van der Waals surface area (Å²) in [6.07, 6.45) is 2.83. The minimum absolute atomic E-state index is 0.0163. The zero-order valence-corrected chi connectivity index (χ0v) is 17.2. The number of thioether (sulfide) groups is 1. The number of hydrogen-bond donors (Lipinski definition) is 1. The van der Waals surface area contributed by atoms with Crippen molar-refractivity contribution in [1.82, 2.24) is 14.9 Å². The lowest BCUT2D eigenvalue weighted by molar-refractivity contribution is -0.141. The van der Waals surface area contributed by atoms with E-state index in [2.05, 4.69) is 9.97 Å². The van der Waals surface area contributed by atoms with E-state index < -0.39 is 11.9 Å². The molecule has 1 amide bonds. The number of benzene rings is 1. The number of aliphatic carboxylic acids is 1. The Hall–Kier alpha value is -2.41. The van der Waals surface area contributed by atoms with Gasteiger partial charge in [-0.2, -0.15) is 0 Å². The van der Waals surface area contributed by atoms with Crippen LogP contribution in [0.5, 0.6) is 0 Å². The molecule has 2 atom stereocenters. The second-order valence-corrected chi connectivity index (χ2v) is 7.89. The molecule has 0 bridgehead atoms. The van der Waals surface area contributed by atoms with Gasteiger partial charge in [-0.1, -0.05) is 42.1 Å². The molecule has 7 heteroatoms. The molecule has 0 aliphatic carbocycles. The Bertz CT molecular complexity index is 849. The average Bonchev–Trinajstić information content (AvgIpc) is 3.13. The van der Waals surface area contributed by atoms with Gasteiger partial charge >= 0.3 is 5.97 Å².